The van der Waals surface area contributed by atoms with Crippen LogP contribution < -0.4 is 10.00 Å². The Bertz CT molecular complexity index is 552. The van der Waals surface area contributed by atoms with Crippen molar-refractivity contribution in [2.24, 2.45) is 5.92 Å². The van der Waals surface area contributed by atoms with E-state index in [1.807, 2.05) is 0 Å². The number of rotatable bonds is 6. The topological polar surface area (TPSA) is 103 Å². The summed E-state index contributed by atoms with van der Waals surface area (Å²) in [5.74, 6) is -0.103. The van der Waals surface area contributed by atoms with Gasteiger partial charge in [0, 0.05) is 12.6 Å². The lowest BCUT2D eigenvalue weighted by Crippen LogP contribution is -2.41. The third-order valence-corrected chi connectivity index (χ3v) is 3.53. The summed E-state index contributed by atoms with van der Waals surface area (Å²) in [6.07, 6.45) is 5.17. The van der Waals surface area contributed by atoms with Gasteiger partial charge in [0.25, 0.3) is 5.91 Å². The van der Waals surface area contributed by atoms with Crippen molar-refractivity contribution < 1.29 is 22.4 Å². The first-order chi connectivity index (χ1) is 8.94. The van der Waals surface area contributed by atoms with Gasteiger partial charge in [0.05, 0.1) is 11.3 Å². The number of hydrogen-bond acceptors (Lipinski definition) is 5. The van der Waals surface area contributed by atoms with E-state index in [-0.39, 0.29) is 12.5 Å². The van der Waals surface area contributed by atoms with E-state index in [4.69, 9.17) is 0 Å². The van der Waals surface area contributed by atoms with Gasteiger partial charge in [0.1, 0.15) is 16.3 Å². The van der Waals surface area contributed by atoms with E-state index in [1.165, 1.54) is 17.1 Å². The number of hydrogen-bond donors (Lipinski definition) is 1. The van der Waals surface area contributed by atoms with Crippen LogP contribution in [0.3, 0.4) is 0 Å². The molecule has 0 aliphatic heterocycles. The zero-order valence-corrected chi connectivity index (χ0v) is 11.1. The third kappa shape index (κ3) is 4.92. The van der Waals surface area contributed by atoms with Crippen LogP contribution in [-0.4, -0.2) is 36.3 Å². The number of carbonyl (C=O) groups excluding carboxylic acids is 1. The van der Waals surface area contributed by atoms with Gasteiger partial charge in [-0.05, 0) is 23.9 Å². The molecule has 0 radical (unpaired) electrons. The molecule has 1 aromatic rings. The first-order valence-corrected chi connectivity index (χ1v) is 7.59. The molecule has 1 saturated carbocycles. The molecule has 0 bridgehead atoms. The fourth-order valence-electron chi connectivity index (χ4n) is 1.52. The van der Waals surface area contributed by atoms with Gasteiger partial charge in [-0.15, -0.1) is 0 Å². The Hall–Kier alpha value is -1.54. The predicted octanol–water partition coefficient (Wildman–Crippen LogP) is -0.946. The van der Waals surface area contributed by atoms with E-state index < -0.39 is 15.9 Å². The number of carbonyl (C=O) groups is 1. The van der Waals surface area contributed by atoms with E-state index in [2.05, 4.69) is 10.4 Å². The van der Waals surface area contributed by atoms with Crippen molar-refractivity contribution in [1.82, 2.24) is 10.4 Å². The molecule has 1 fully saturated rings. The van der Waals surface area contributed by atoms with Gasteiger partial charge in [-0.25, -0.2) is 8.42 Å². The Morgan fingerprint density at radius 1 is 1.53 bits per heavy atom. The van der Waals surface area contributed by atoms with E-state index in [9.17, 15) is 17.8 Å². The highest BCUT2D eigenvalue weighted by molar-refractivity contribution is 7.85. The second-order valence-electron chi connectivity index (χ2n) is 4.59. The molecule has 1 heterocycles. The molecular formula is C11H15N3O4S. The molecule has 19 heavy (non-hydrogen) atoms. The number of aromatic nitrogens is 2. The first-order valence-electron chi connectivity index (χ1n) is 6.01. The lowest BCUT2D eigenvalue weighted by atomic mass is 10.3. The Kier molecular flexibility index (Phi) is 4.11. The first kappa shape index (κ1) is 13.9. The summed E-state index contributed by atoms with van der Waals surface area (Å²) in [6.45, 7) is 0.665. The molecule has 104 valence electrons. The van der Waals surface area contributed by atoms with Crippen molar-refractivity contribution >= 4 is 16.0 Å². The van der Waals surface area contributed by atoms with Crippen molar-refractivity contribution in [1.29, 1.82) is 0 Å². The molecule has 1 amide bonds. The lowest BCUT2D eigenvalue weighted by molar-refractivity contribution is -0.750. The van der Waals surface area contributed by atoms with Crippen LogP contribution in [0.25, 0.3) is 0 Å². The minimum Gasteiger partial charge on any atom is -0.748 e. The van der Waals surface area contributed by atoms with Gasteiger partial charge in [-0.1, -0.05) is 4.68 Å². The second kappa shape index (κ2) is 5.62. The smallest absolute Gasteiger partial charge is 0.253 e. The maximum Gasteiger partial charge on any atom is 0.253 e. The van der Waals surface area contributed by atoms with E-state index in [0.29, 0.717) is 18.0 Å². The molecular weight excluding hydrogens is 270 g/mol. The molecule has 1 N–H and O–H groups in total. The summed E-state index contributed by atoms with van der Waals surface area (Å²) in [4.78, 5) is 11.7. The van der Waals surface area contributed by atoms with Gasteiger partial charge in [-0.3, -0.25) is 4.79 Å². The maximum atomic E-state index is 11.7. The summed E-state index contributed by atoms with van der Waals surface area (Å²) < 4.78 is 32.7. The maximum absolute atomic E-state index is 11.7. The lowest BCUT2D eigenvalue weighted by Gasteiger charge is -2.03. The van der Waals surface area contributed by atoms with Crippen LogP contribution in [0, 0.1) is 5.92 Å². The van der Waals surface area contributed by atoms with Crippen LogP contribution in [-0.2, 0) is 16.7 Å². The molecule has 1 aromatic heterocycles. The van der Waals surface area contributed by atoms with Crippen molar-refractivity contribution in [3.8, 4) is 0 Å². The zero-order chi connectivity index (χ0) is 13.9. The molecule has 8 heteroatoms. The van der Waals surface area contributed by atoms with Crippen molar-refractivity contribution in [2.45, 2.75) is 19.4 Å². The Morgan fingerprint density at radius 2 is 2.26 bits per heavy atom. The minimum atomic E-state index is -4.25. The molecule has 0 saturated heterocycles. The quantitative estimate of drug-likeness (QED) is 0.536. The van der Waals surface area contributed by atoms with Gasteiger partial charge in [0.15, 0.2) is 12.7 Å². The Balaban J connectivity index is 1.87. The average molecular weight is 285 g/mol. The fourth-order valence-corrected chi connectivity index (χ4v) is 1.93. The third-order valence-electron chi connectivity index (χ3n) is 2.85. The highest BCUT2D eigenvalue weighted by Crippen LogP contribution is 2.27. The summed E-state index contributed by atoms with van der Waals surface area (Å²) >= 11 is 0. The molecule has 0 spiro atoms. The molecule has 0 atom stereocenters. The molecule has 1 aliphatic carbocycles. The molecule has 2 rings (SSSR count). The van der Waals surface area contributed by atoms with Gasteiger partial charge in [0.2, 0.25) is 0 Å². The van der Waals surface area contributed by atoms with Crippen molar-refractivity contribution in [3.05, 3.63) is 24.0 Å². The van der Waals surface area contributed by atoms with Crippen LogP contribution in [0.4, 0.5) is 0 Å². The normalized spacial score (nSPS) is 15.2. The number of aryl methyl sites for hydroxylation is 1. The Morgan fingerprint density at radius 3 is 2.79 bits per heavy atom. The van der Waals surface area contributed by atoms with E-state index in [1.54, 1.807) is 6.07 Å². The van der Waals surface area contributed by atoms with Crippen molar-refractivity contribution in [2.75, 3.05) is 12.3 Å². The number of nitrogens with one attached hydrogen (secondary N) is 1. The standard InChI is InChI=1S/C11H15N3O4S/c15-11(12-7-9-1-2-9)10-3-4-14(13-8-10)5-6-19(16,17)18/h3-4,8-9H,1-2,5-7H2,(H-,12,15,16,17,18). The highest BCUT2D eigenvalue weighted by atomic mass is 32.2. The average Bonchev–Trinajstić information content (AvgIpc) is 3.17. The fraction of sp³-hybridized carbons (Fsp3) is 0.545. The molecule has 0 unspecified atom stereocenters. The number of amides is 1. The van der Waals surface area contributed by atoms with Crippen LogP contribution in [0.5, 0.6) is 0 Å². The van der Waals surface area contributed by atoms with Gasteiger partial charge in [-0.2, -0.15) is 0 Å². The summed E-state index contributed by atoms with van der Waals surface area (Å²) in [6, 6.07) is 1.55. The second-order valence-corrected chi connectivity index (χ2v) is 6.12. The summed E-state index contributed by atoms with van der Waals surface area (Å²) in [7, 11) is -4.25. The SMILES string of the molecule is O=C(NCC1CC1)c1cc[n+](CCS(=O)(=O)[O-])nc1. The monoisotopic (exact) mass is 285 g/mol. The highest BCUT2D eigenvalue weighted by Gasteiger charge is 2.22. The van der Waals surface area contributed by atoms with Crippen LogP contribution in [0.2, 0.25) is 0 Å². The minimum absolute atomic E-state index is 0.0180. The largest absolute Gasteiger partial charge is 0.748 e. The van der Waals surface area contributed by atoms with Crippen LogP contribution >= 0.6 is 0 Å². The van der Waals surface area contributed by atoms with E-state index >= 15 is 0 Å². The van der Waals surface area contributed by atoms with Gasteiger partial charge >= 0.3 is 0 Å². The van der Waals surface area contributed by atoms with E-state index in [0.717, 1.165) is 12.8 Å². The van der Waals surface area contributed by atoms with Crippen LogP contribution in [0.15, 0.2) is 18.5 Å². The van der Waals surface area contributed by atoms with Crippen molar-refractivity contribution in [3.63, 3.8) is 0 Å². The number of nitrogens with zero attached hydrogens (tertiary/aromatic N) is 2. The Labute approximate surface area is 111 Å². The van der Waals surface area contributed by atoms with Gasteiger partial charge < -0.3 is 9.87 Å². The predicted molar refractivity (Wildman–Crippen MR) is 64.1 cm³/mol. The zero-order valence-electron chi connectivity index (χ0n) is 10.3. The molecule has 1 aliphatic rings. The summed E-state index contributed by atoms with van der Waals surface area (Å²) in [5, 5.41) is 6.70. The molecule has 7 nitrogen and oxygen atoms in total. The summed E-state index contributed by atoms with van der Waals surface area (Å²) in [5.41, 5.74) is 0.418. The van der Waals surface area contributed by atoms with Crippen LogP contribution in [0.1, 0.15) is 23.2 Å². The molecule has 0 aromatic carbocycles.